The Balaban J connectivity index is 1.95. The normalized spacial score (nSPS) is 30.1. The molecule has 2 bridgehead atoms. The number of hydrogen-bond acceptors (Lipinski definition) is 3. The Hall–Kier alpha value is -1.85. The fraction of sp³-hybridized carbons (Fsp3) is 0.583. The Kier molecular flexibility index (Phi) is 3.36. The maximum atomic E-state index is 12.0. The summed E-state index contributed by atoms with van der Waals surface area (Å²) in [5, 5.41) is 11.3. The van der Waals surface area contributed by atoms with Crippen molar-refractivity contribution >= 4 is 17.8 Å². The summed E-state index contributed by atoms with van der Waals surface area (Å²) in [5.74, 6) is -1.80. The van der Waals surface area contributed by atoms with Crippen molar-refractivity contribution in [2.45, 2.75) is 25.3 Å². The average molecular weight is 252 g/mol. The first-order valence-corrected chi connectivity index (χ1v) is 5.97. The lowest BCUT2D eigenvalue weighted by atomic mass is 9.92. The number of rotatable bonds is 5. The Morgan fingerprint density at radius 3 is 2.50 bits per heavy atom. The fourth-order valence-electron chi connectivity index (χ4n) is 2.76. The largest absolute Gasteiger partial charge is 0.480 e. The molecule has 1 saturated carbocycles. The third-order valence-electron chi connectivity index (χ3n) is 3.64. The van der Waals surface area contributed by atoms with Crippen molar-refractivity contribution in [3.05, 3.63) is 12.2 Å². The van der Waals surface area contributed by atoms with Gasteiger partial charge in [-0.2, -0.15) is 0 Å². The first-order chi connectivity index (χ1) is 8.47. The zero-order chi connectivity index (χ0) is 13.3. The number of carbonyl (C=O) groups is 3. The zero-order valence-corrected chi connectivity index (χ0v) is 9.83. The smallest absolute Gasteiger partial charge is 0.326 e. The van der Waals surface area contributed by atoms with Crippen LogP contribution in [0.1, 0.15) is 19.3 Å². The molecule has 3 unspecified atom stereocenters. The summed E-state index contributed by atoms with van der Waals surface area (Å²) < 4.78 is 0. The van der Waals surface area contributed by atoms with E-state index in [0.717, 1.165) is 12.8 Å². The molecule has 98 valence electrons. The average Bonchev–Trinajstić information content (AvgIpc) is 2.88. The number of hydrogen-bond donors (Lipinski definition) is 3. The maximum Gasteiger partial charge on any atom is 0.326 e. The van der Waals surface area contributed by atoms with Gasteiger partial charge >= 0.3 is 5.97 Å². The van der Waals surface area contributed by atoms with E-state index in [1.165, 1.54) is 0 Å². The molecule has 2 amide bonds. The topological polar surface area (TPSA) is 109 Å². The predicted octanol–water partition coefficient (Wildman–Crippen LogP) is -0.357. The molecule has 0 spiro atoms. The summed E-state index contributed by atoms with van der Waals surface area (Å²) in [6.45, 7) is 0. The molecule has 2 aliphatic rings. The van der Waals surface area contributed by atoms with Gasteiger partial charge in [0.1, 0.15) is 6.04 Å². The van der Waals surface area contributed by atoms with Gasteiger partial charge in [0.2, 0.25) is 11.8 Å². The van der Waals surface area contributed by atoms with Gasteiger partial charge in [-0.25, -0.2) is 4.79 Å². The van der Waals surface area contributed by atoms with Gasteiger partial charge in [-0.3, -0.25) is 9.59 Å². The van der Waals surface area contributed by atoms with Crippen LogP contribution in [0.3, 0.4) is 0 Å². The number of primary amides is 1. The monoisotopic (exact) mass is 252 g/mol. The molecule has 2 rings (SSSR count). The molecule has 0 aromatic rings. The van der Waals surface area contributed by atoms with Gasteiger partial charge in [0, 0.05) is 5.92 Å². The molecular formula is C12H16N2O4. The highest BCUT2D eigenvalue weighted by atomic mass is 16.4. The minimum absolute atomic E-state index is 0.172. The number of aliphatic carboxylic acids is 1. The number of nitrogens with two attached hydrogens (primary N) is 1. The molecule has 2 aliphatic carbocycles. The van der Waals surface area contributed by atoms with Crippen molar-refractivity contribution < 1.29 is 19.5 Å². The lowest BCUT2D eigenvalue weighted by Crippen LogP contribution is -2.46. The first kappa shape index (κ1) is 12.6. The summed E-state index contributed by atoms with van der Waals surface area (Å²) in [6.07, 6.45) is 5.47. The number of amides is 2. The fourth-order valence-corrected chi connectivity index (χ4v) is 2.76. The summed E-state index contributed by atoms with van der Waals surface area (Å²) in [5.41, 5.74) is 4.96. The van der Waals surface area contributed by atoms with Crippen LogP contribution in [-0.2, 0) is 14.4 Å². The summed E-state index contributed by atoms with van der Waals surface area (Å²) in [7, 11) is 0. The van der Waals surface area contributed by atoms with Gasteiger partial charge in [0.05, 0.1) is 6.42 Å². The van der Waals surface area contributed by atoms with Gasteiger partial charge in [-0.15, -0.1) is 0 Å². The van der Waals surface area contributed by atoms with E-state index in [9.17, 15) is 14.4 Å². The van der Waals surface area contributed by atoms with Crippen LogP contribution in [0.25, 0.3) is 0 Å². The number of allylic oxidation sites excluding steroid dienone is 2. The standard InChI is InChI=1S/C12H16N2O4/c13-10(15)5-9(12(17)18)14-11(16)8-4-6-1-2-7(8)3-6/h1-2,6-9H,3-5H2,(H2,13,15)(H,14,16)(H,17,18)/t6?,7?,8?,9-/m1/s1. The van der Waals surface area contributed by atoms with Gasteiger partial charge in [0.15, 0.2) is 0 Å². The highest BCUT2D eigenvalue weighted by Crippen LogP contribution is 2.43. The molecule has 0 radical (unpaired) electrons. The highest BCUT2D eigenvalue weighted by molar-refractivity contribution is 5.89. The molecular weight excluding hydrogens is 236 g/mol. The molecule has 0 aromatic heterocycles. The Morgan fingerprint density at radius 1 is 1.33 bits per heavy atom. The number of fused-ring (bicyclic) bond motifs is 2. The maximum absolute atomic E-state index is 12.0. The summed E-state index contributed by atoms with van der Waals surface area (Å²) in [6, 6.07) is -1.22. The molecule has 6 heteroatoms. The van der Waals surface area contributed by atoms with Gasteiger partial charge < -0.3 is 16.2 Å². The van der Waals surface area contributed by atoms with E-state index in [1.807, 2.05) is 6.08 Å². The van der Waals surface area contributed by atoms with Gasteiger partial charge in [-0.1, -0.05) is 12.2 Å². The van der Waals surface area contributed by atoms with Gasteiger partial charge in [-0.05, 0) is 24.7 Å². The molecule has 18 heavy (non-hydrogen) atoms. The Morgan fingerprint density at radius 2 is 2.06 bits per heavy atom. The van der Waals surface area contributed by atoms with Crippen LogP contribution in [0.4, 0.5) is 0 Å². The Labute approximate surface area is 104 Å². The van der Waals surface area contributed by atoms with Crippen LogP contribution < -0.4 is 11.1 Å². The van der Waals surface area contributed by atoms with Crippen LogP contribution in [0.15, 0.2) is 12.2 Å². The number of carbonyl (C=O) groups excluding carboxylic acids is 2. The molecule has 4 atom stereocenters. The highest BCUT2D eigenvalue weighted by Gasteiger charge is 2.40. The first-order valence-electron chi connectivity index (χ1n) is 5.97. The van der Waals surface area contributed by atoms with Crippen LogP contribution >= 0.6 is 0 Å². The van der Waals surface area contributed by atoms with Crippen LogP contribution in [-0.4, -0.2) is 28.9 Å². The molecule has 0 aromatic carbocycles. The summed E-state index contributed by atoms with van der Waals surface area (Å²) in [4.78, 5) is 33.6. The van der Waals surface area contributed by atoms with E-state index in [0.29, 0.717) is 5.92 Å². The third-order valence-corrected chi connectivity index (χ3v) is 3.64. The van der Waals surface area contributed by atoms with Crippen molar-refractivity contribution in [2.75, 3.05) is 0 Å². The molecule has 1 fully saturated rings. The molecule has 6 nitrogen and oxygen atoms in total. The lowest BCUT2D eigenvalue weighted by Gasteiger charge is -2.20. The Bertz CT molecular complexity index is 418. The molecule has 0 aliphatic heterocycles. The van der Waals surface area contributed by atoms with Crippen molar-refractivity contribution in [3.8, 4) is 0 Å². The van der Waals surface area contributed by atoms with Gasteiger partial charge in [0.25, 0.3) is 0 Å². The minimum atomic E-state index is -1.24. The SMILES string of the molecule is NC(=O)C[C@@H](NC(=O)C1CC2C=CC1C2)C(=O)O. The molecule has 0 heterocycles. The van der Waals surface area contributed by atoms with Crippen molar-refractivity contribution in [2.24, 2.45) is 23.5 Å². The molecule has 4 N–H and O–H groups in total. The predicted molar refractivity (Wildman–Crippen MR) is 62.2 cm³/mol. The van der Waals surface area contributed by atoms with Crippen molar-refractivity contribution in [1.82, 2.24) is 5.32 Å². The van der Waals surface area contributed by atoms with Crippen LogP contribution in [0.2, 0.25) is 0 Å². The van der Waals surface area contributed by atoms with E-state index in [4.69, 9.17) is 10.8 Å². The summed E-state index contributed by atoms with van der Waals surface area (Å²) >= 11 is 0. The second kappa shape index (κ2) is 4.80. The second-order valence-corrected chi connectivity index (χ2v) is 4.96. The van der Waals surface area contributed by atoms with E-state index in [2.05, 4.69) is 11.4 Å². The number of carboxylic acids is 1. The van der Waals surface area contributed by atoms with E-state index >= 15 is 0 Å². The van der Waals surface area contributed by atoms with Crippen LogP contribution in [0, 0.1) is 17.8 Å². The quantitative estimate of drug-likeness (QED) is 0.580. The van der Waals surface area contributed by atoms with Crippen molar-refractivity contribution in [3.63, 3.8) is 0 Å². The van der Waals surface area contributed by atoms with E-state index < -0.39 is 17.9 Å². The second-order valence-electron chi connectivity index (χ2n) is 4.96. The third kappa shape index (κ3) is 2.52. The van der Waals surface area contributed by atoms with E-state index in [1.54, 1.807) is 0 Å². The zero-order valence-electron chi connectivity index (χ0n) is 9.83. The number of carboxylic acid groups (broad SMARTS) is 1. The van der Waals surface area contributed by atoms with Crippen molar-refractivity contribution in [1.29, 1.82) is 0 Å². The minimum Gasteiger partial charge on any atom is -0.480 e. The van der Waals surface area contributed by atoms with E-state index in [-0.39, 0.29) is 24.2 Å². The molecule has 0 saturated heterocycles. The lowest BCUT2D eigenvalue weighted by molar-refractivity contribution is -0.144. The number of nitrogens with one attached hydrogen (secondary N) is 1. The van der Waals surface area contributed by atoms with Crippen LogP contribution in [0.5, 0.6) is 0 Å².